The second-order valence-corrected chi connectivity index (χ2v) is 5.17. The monoisotopic (exact) mass is 304 g/mol. The van der Waals surface area contributed by atoms with Gasteiger partial charge in [0.25, 0.3) is 5.91 Å². The maximum atomic E-state index is 11.6. The molecular weight excluding hydrogens is 288 g/mol. The summed E-state index contributed by atoms with van der Waals surface area (Å²) in [7, 11) is 1.59. The fourth-order valence-corrected chi connectivity index (χ4v) is 2.32. The smallest absolute Gasteiger partial charge is 0.277 e. The first-order valence-corrected chi connectivity index (χ1v) is 7.20. The minimum absolute atomic E-state index is 0.0902. The van der Waals surface area contributed by atoms with Crippen molar-refractivity contribution in [2.45, 2.75) is 6.92 Å². The lowest BCUT2D eigenvalue weighted by atomic mass is 10.3. The van der Waals surface area contributed by atoms with E-state index in [2.05, 4.69) is 10.5 Å². The Morgan fingerprint density at radius 2 is 2.00 bits per heavy atom. The molecule has 0 bridgehead atoms. The lowest BCUT2D eigenvalue weighted by Gasteiger charge is -2.05. The number of methoxy groups -OCH3 is 1. The quantitative estimate of drug-likeness (QED) is 0.659. The number of carbonyl (C=O) groups excluding carboxylic acids is 1. The predicted molar refractivity (Wildman–Crippen MR) is 83.3 cm³/mol. The zero-order valence-electron chi connectivity index (χ0n) is 11.8. The highest BCUT2D eigenvalue weighted by atomic mass is 32.1. The van der Waals surface area contributed by atoms with Gasteiger partial charge < -0.3 is 9.47 Å². The molecular formula is C15H16N2O3S. The van der Waals surface area contributed by atoms with Gasteiger partial charge in [-0.3, -0.25) is 4.79 Å². The van der Waals surface area contributed by atoms with Gasteiger partial charge in [0.05, 0.1) is 13.3 Å². The molecule has 1 amide bonds. The summed E-state index contributed by atoms with van der Waals surface area (Å²) >= 11 is 1.57. The molecule has 0 aliphatic carbocycles. The van der Waals surface area contributed by atoms with Crippen LogP contribution in [-0.2, 0) is 4.79 Å². The number of hydrazone groups is 1. The van der Waals surface area contributed by atoms with E-state index < -0.39 is 0 Å². The van der Waals surface area contributed by atoms with Crippen LogP contribution in [0.3, 0.4) is 0 Å². The normalized spacial score (nSPS) is 10.6. The van der Waals surface area contributed by atoms with Crippen molar-refractivity contribution in [1.82, 2.24) is 5.43 Å². The van der Waals surface area contributed by atoms with Gasteiger partial charge in [-0.25, -0.2) is 5.43 Å². The first-order valence-electron chi connectivity index (χ1n) is 6.32. The molecule has 0 saturated carbocycles. The van der Waals surface area contributed by atoms with Gasteiger partial charge in [-0.2, -0.15) is 5.10 Å². The van der Waals surface area contributed by atoms with Gasteiger partial charge in [0.15, 0.2) is 6.61 Å². The maximum Gasteiger partial charge on any atom is 0.277 e. The second-order valence-electron chi connectivity index (χ2n) is 4.23. The molecule has 0 fully saturated rings. The van der Waals surface area contributed by atoms with Gasteiger partial charge in [0.2, 0.25) is 0 Å². The van der Waals surface area contributed by atoms with Crippen molar-refractivity contribution in [1.29, 1.82) is 0 Å². The number of benzene rings is 1. The van der Waals surface area contributed by atoms with Crippen molar-refractivity contribution >= 4 is 23.5 Å². The number of amides is 1. The number of nitrogens with one attached hydrogen (secondary N) is 1. The Morgan fingerprint density at radius 1 is 1.29 bits per heavy atom. The van der Waals surface area contributed by atoms with Crippen LogP contribution in [0.4, 0.5) is 0 Å². The maximum absolute atomic E-state index is 11.6. The number of rotatable bonds is 6. The Morgan fingerprint density at radius 3 is 2.62 bits per heavy atom. The summed E-state index contributed by atoms with van der Waals surface area (Å²) in [6, 6.07) is 9.02. The molecule has 0 radical (unpaired) electrons. The molecule has 0 spiro atoms. The second kappa shape index (κ2) is 7.44. The van der Waals surface area contributed by atoms with Crippen LogP contribution in [-0.4, -0.2) is 25.8 Å². The molecule has 5 nitrogen and oxygen atoms in total. The van der Waals surface area contributed by atoms with Gasteiger partial charge in [0.1, 0.15) is 11.5 Å². The highest BCUT2D eigenvalue weighted by Crippen LogP contribution is 2.16. The van der Waals surface area contributed by atoms with E-state index in [4.69, 9.17) is 9.47 Å². The van der Waals surface area contributed by atoms with E-state index >= 15 is 0 Å². The minimum Gasteiger partial charge on any atom is -0.497 e. The zero-order chi connectivity index (χ0) is 15.1. The molecule has 2 aromatic rings. The molecule has 0 unspecified atom stereocenters. The van der Waals surface area contributed by atoms with Crippen molar-refractivity contribution in [3.8, 4) is 11.5 Å². The number of ether oxygens (including phenoxy) is 2. The van der Waals surface area contributed by atoms with E-state index in [1.807, 2.05) is 18.4 Å². The van der Waals surface area contributed by atoms with Crippen LogP contribution in [0.1, 0.15) is 10.4 Å². The molecule has 6 heteroatoms. The average Bonchev–Trinajstić information content (AvgIpc) is 2.91. The number of aryl methyl sites for hydroxylation is 1. The van der Waals surface area contributed by atoms with E-state index in [1.165, 1.54) is 0 Å². The van der Waals surface area contributed by atoms with Crippen LogP contribution in [0, 0.1) is 6.92 Å². The van der Waals surface area contributed by atoms with Crippen LogP contribution in [0.15, 0.2) is 40.8 Å². The molecule has 1 aromatic carbocycles. The van der Waals surface area contributed by atoms with Gasteiger partial charge in [-0.1, -0.05) is 0 Å². The van der Waals surface area contributed by atoms with Crippen LogP contribution >= 0.6 is 11.3 Å². The SMILES string of the molecule is COc1ccc(OCC(=O)N/N=C\c2sccc2C)cc1. The van der Waals surface area contributed by atoms with E-state index in [1.54, 1.807) is 48.9 Å². The molecule has 1 N–H and O–H groups in total. The molecule has 0 aliphatic heterocycles. The summed E-state index contributed by atoms with van der Waals surface area (Å²) in [6.07, 6.45) is 1.63. The summed E-state index contributed by atoms with van der Waals surface area (Å²) in [5.41, 5.74) is 3.56. The highest BCUT2D eigenvalue weighted by Gasteiger charge is 2.02. The van der Waals surface area contributed by atoms with E-state index in [-0.39, 0.29) is 12.5 Å². The third-order valence-corrected chi connectivity index (χ3v) is 3.66. The highest BCUT2D eigenvalue weighted by molar-refractivity contribution is 7.11. The Hall–Kier alpha value is -2.34. The molecule has 1 aromatic heterocycles. The molecule has 0 aliphatic rings. The lowest BCUT2D eigenvalue weighted by Crippen LogP contribution is -2.24. The molecule has 0 atom stereocenters. The first-order chi connectivity index (χ1) is 10.2. The van der Waals surface area contributed by atoms with Crippen molar-refractivity contribution in [2.24, 2.45) is 5.10 Å². The van der Waals surface area contributed by atoms with Crippen molar-refractivity contribution in [3.05, 3.63) is 46.2 Å². The van der Waals surface area contributed by atoms with Gasteiger partial charge in [-0.05, 0) is 48.2 Å². The number of carbonyl (C=O) groups is 1. The Bertz CT molecular complexity index is 620. The number of hydrogen-bond acceptors (Lipinski definition) is 5. The van der Waals surface area contributed by atoms with E-state index in [9.17, 15) is 4.79 Å². The van der Waals surface area contributed by atoms with E-state index in [0.717, 1.165) is 16.2 Å². The lowest BCUT2D eigenvalue weighted by molar-refractivity contribution is -0.123. The Kier molecular flexibility index (Phi) is 5.34. The van der Waals surface area contributed by atoms with Crippen molar-refractivity contribution < 1.29 is 14.3 Å². The van der Waals surface area contributed by atoms with Gasteiger partial charge >= 0.3 is 0 Å². The molecule has 0 saturated heterocycles. The van der Waals surface area contributed by atoms with Crippen LogP contribution in [0.2, 0.25) is 0 Å². The van der Waals surface area contributed by atoms with Crippen LogP contribution in [0.5, 0.6) is 11.5 Å². The van der Waals surface area contributed by atoms with Gasteiger partial charge in [-0.15, -0.1) is 11.3 Å². The molecule has 1 heterocycles. The number of thiophene rings is 1. The third-order valence-electron chi connectivity index (χ3n) is 2.70. The fraction of sp³-hybridized carbons (Fsp3) is 0.200. The molecule has 110 valence electrons. The Labute approximate surface area is 127 Å². The summed E-state index contributed by atoms with van der Waals surface area (Å²) in [6.45, 7) is 1.90. The fourth-order valence-electron chi connectivity index (χ4n) is 1.53. The third kappa shape index (κ3) is 4.61. The summed E-state index contributed by atoms with van der Waals surface area (Å²) in [4.78, 5) is 12.6. The number of nitrogens with zero attached hydrogens (tertiary/aromatic N) is 1. The molecule has 21 heavy (non-hydrogen) atoms. The standard InChI is InChI=1S/C15H16N2O3S/c1-11-7-8-21-14(11)9-16-17-15(18)10-20-13-5-3-12(19-2)4-6-13/h3-9H,10H2,1-2H3,(H,17,18)/b16-9-. The topological polar surface area (TPSA) is 59.9 Å². The van der Waals surface area contributed by atoms with Crippen LogP contribution in [0.25, 0.3) is 0 Å². The van der Waals surface area contributed by atoms with E-state index in [0.29, 0.717) is 5.75 Å². The largest absolute Gasteiger partial charge is 0.497 e. The summed E-state index contributed by atoms with van der Waals surface area (Å²) in [5.74, 6) is 1.03. The number of hydrogen-bond donors (Lipinski definition) is 1. The van der Waals surface area contributed by atoms with Crippen LogP contribution < -0.4 is 14.9 Å². The zero-order valence-corrected chi connectivity index (χ0v) is 12.6. The summed E-state index contributed by atoms with van der Waals surface area (Å²) in [5, 5.41) is 5.88. The minimum atomic E-state index is -0.309. The van der Waals surface area contributed by atoms with Crippen molar-refractivity contribution in [2.75, 3.05) is 13.7 Å². The van der Waals surface area contributed by atoms with Gasteiger partial charge in [0, 0.05) is 4.88 Å². The molecule has 2 rings (SSSR count). The predicted octanol–water partition coefficient (Wildman–Crippen LogP) is 2.59. The summed E-state index contributed by atoms with van der Waals surface area (Å²) < 4.78 is 10.4. The Balaban J connectivity index is 1.76. The van der Waals surface area contributed by atoms with Crippen molar-refractivity contribution in [3.63, 3.8) is 0 Å². The first kappa shape index (κ1) is 15.1. The average molecular weight is 304 g/mol.